The zero-order chi connectivity index (χ0) is 17.6. The van der Waals surface area contributed by atoms with Crippen molar-refractivity contribution in [2.24, 2.45) is 0 Å². The van der Waals surface area contributed by atoms with Crippen LogP contribution in [0.4, 0.5) is 14.5 Å². The molecule has 6 nitrogen and oxygen atoms in total. The van der Waals surface area contributed by atoms with Crippen LogP contribution in [-0.2, 0) is 0 Å². The van der Waals surface area contributed by atoms with E-state index in [1.165, 1.54) is 23.3 Å². The largest absolute Gasteiger partial charge is 0.371 e. The zero-order valence-corrected chi connectivity index (χ0v) is 13.8. The van der Waals surface area contributed by atoms with Gasteiger partial charge in [0.05, 0.1) is 18.1 Å². The average Bonchev–Trinajstić information content (AvgIpc) is 3.09. The van der Waals surface area contributed by atoms with Gasteiger partial charge in [0.1, 0.15) is 6.33 Å². The normalized spacial score (nSPS) is 13.2. The second kappa shape index (κ2) is 7.78. The lowest BCUT2D eigenvalue weighted by atomic mass is 10.1. The SMILES string of the molecule is Cc1cncnc1.FC(F)c1cc(-n2ccnn2)ccc1N1CCC1. The fourth-order valence-corrected chi connectivity index (χ4v) is 2.42. The molecule has 1 aromatic carbocycles. The molecule has 1 saturated heterocycles. The second-order valence-electron chi connectivity index (χ2n) is 5.65. The number of anilines is 1. The van der Waals surface area contributed by atoms with Gasteiger partial charge in [-0.25, -0.2) is 23.4 Å². The van der Waals surface area contributed by atoms with Crippen molar-refractivity contribution in [2.45, 2.75) is 19.8 Å². The molecule has 4 rings (SSSR count). The van der Waals surface area contributed by atoms with Crippen LogP contribution in [0.25, 0.3) is 5.69 Å². The first-order valence-corrected chi connectivity index (χ1v) is 7.90. The van der Waals surface area contributed by atoms with Gasteiger partial charge < -0.3 is 4.90 Å². The summed E-state index contributed by atoms with van der Waals surface area (Å²) >= 11 is 0. The molecule has 0 atom stereocenters. The Labute approximate surface area is 144 Å². The number of rotatable bonds is 3. The summed E-state index contributed by atoms with van der Waals surface area (Å²) in [6.45, 7) is 3.66. The van der Waals surface area contributed by atoms with Gasteiger partial charge in [-0.05, 0) is 37.1 Å². The summed E-state index contributed by atoms with van der Waals surface area (Å²) < 4.78 is 27.7. The van der Waals surface area contributed by atoms with E-state index in [2.05, 4.69) is 20.3 Å². The number of alkyl halides is 2. The Bertz CT molecular complexity index is 788. The molecule has 0 radical (unpaired) electrons. The highest BCUT2D eigenvalue weighted by molar-refractivity contribution is 5.59. The Hall–Kier alpha value is -2.90. The third-order valence-corrected chi connectivity index (χ3v) is 3.82. The molecule has 1 fully saturated rings. The van der Waals surface area contributed by atoms with Crippen LogP contribution in [0.5, 0.6) is 0 Å². The van der Waals surface area contributed by atoms with Crippen molar-refractivity contribution in [3.05, 3.63) is 60.4 Å². The minimum atomic E-state index is -2.48. The molecular formula is C17H18F2N6. The molecule has 0 amide bonds. The summed E-state index contributed by atoms with van der Waals surface area (Å²) in [5.74, 6) is 0. The van der Waals surface area contributed by atoms with Crippen LogP contribution in [-0.4, -0.2) is 38.1 Å². The Morgan fingerprint density at radius 3 is 2.36 bits per heavy atom. The number of benzene rings is 1. The van der Waals surface area contributed by atoms with Crippen molar-refractivity contribution in [3.8, 4) is 5.69 Å². The standard InChI is InChI=1S/C12H12F2N4.C5H6N2/c13-12(14)10-8-9(18-7-4-15-16-18)2-3-11(10)17-5-1-6-17;1-5-2-6-4-7-3-5/h2-4,7-8,12H,1,5-6H2;2-4H,1H3. The number of halogens is 2. The lowest BCUT2D eigenvalue weighted by Crippen LogP contribution is -2.37. The third kappa shape index (κ3) is 4.14. The Morgan fingerprint density at radius 2 is 1.88 bits per heavy atom. The predicted molar refractivity (Wildman–Crippen MR) is 89.9 cm³/mol. The van der Waals surface area contributed by atoms with E-state index < -0.39 is 6.43 Å². The fraction of sp³-hybridized carbons (Fsp3) is 0.294. The molecule has 0 N–H and O–H groups in total. The van der Waals surface area contributed by atoms with E-state index in [1.54, 1.807) is 30.7 Å². The minimum absolute atomic E-state index is 0.0581. The van der Waals surface area contributed by atoms with Gasteiger partial charge >= 0.3 is 0 Å². The van der Waals surface area contributed by atoms with E-state index in [9.17, 15) is 8.78 Å². The lowest BCUT2D eigenvalue weighted by molar-refractivity contribution is 0.151. The van der Waals surface area contributed by atoms with Gasteiger partial charge in [-0.1, -0.05) is 5.21 Å². The highest BCUT2D eigenvalue weighted by atomic mass is 19.3. The molecular weight excluding hydrogens is 326 g/mol. The number of aryl methyl sites for hydroxylation is 1. The molecule has 8 heteroatoms. The average molecular weight is 344 g/mol. The molecule has 130 valence electrons. The first-order valence-electron chi connectivity index (χ1n) is 7.90. The van der Waals surface area contributed by atoms with Crippen molar-refractivity contribution < 1.29 is 8.78 Å². The monoisotopic (exact) mass is 344 g/mol. The topological polar surface area (TPSA) is 59.7 Å². The Kier molecular flexibility index (Phi) is 5.27. The smallest absolute Gasteiger partial charge is 0.265 e. The molecule has 0 aliphatic carbocycles. The van der Waals surface area contributed by atoms with E-state index in [0.717, 1.165) is 25.1 Å². The molecule has 1 aliphatic heterocycles. The van der Waals surface area contributed by atoms with Gasteiger partial charge in [-0.15, -0.1) is 5.10 Å². The number of hydrogen-bond acceptors (Lipinski definition) is 5. The molecule has 3 aromatic rings. The molecule has 0 spiro atoms. The Balaban J connectivity index is 0.000000219. The predicted octanol–water partition coefficient (Wildman–Crippen LogP) is 3.20. The van der Waals surface area contributed by atoms with Crippen LogP contribution in [0.2, 0.25) is 0 Å². The van der Waals surface area contributed by atoms with Crippen molar-refractivity contribution in [3.63, 3.8) is 0 Å². The van der Waals surface area contributed by atoms with E-state index in [-0.39, 0.29) is 5.56 Å². The Morgan fingerprint density at radius 1 is 1.12 bits per heavy atom. The fourth-order valence-electron chi connectivity index (χ4n) is 2.42. The van der Waals surface area contributed by atoms with Crippen LogP contribution >= 0.6 is 0 Å². The number of aromatic nitrogens is 5. The molecule has 0 bridgehead atoms. The maximum Gasteiger partial charge on any atom is 0.265 e. The summed E-state index contributed by atoms with van der Waals surface area (Å²) in [5.41, 5.74) is 2.39. The second-order valence-corrected chi connectivity index (χ2v) is 5.65. The van der Waals surface area contributed by atoms with Gasteiger partial charge in [0, 0.05) is 36.7 Å². The third-order valence-electron chi connectivity index (χ3n) is 3.82. The van der Waals surface area contributed by atoms with Crippen LogP contribution in [0.3, 0.4) is 0 Å². The molecule has 25 heavy (non-hydrogen) atoms. The lowest BCUT2D eigenvalue weighted by Gasteiger charge is -2.34. The summed E-state index contributed by atoms with van der Waals surface area (Å²) in [4.78, 5) is 9.51. The van der Waals surface area contributed by atoms with Gasteiger partial charge in [-0.2, -0.15) is 0 Å². The van der Waals surface area contributed by atoms with Crippen molar-refractivity contribution in [2.75, 3.05) is 18.0 Å². The van der Waals surface area contributed by atoms with Crippen LogP contribution < -0.4 is 4.90 Å². The first kappa shape index (κ1) is 16.9. The minimum Gasteiger partial charge on any atom is -0.371 e. The highest BCUT2D eigenvalue weighted by Gasteiger charge is 2.22. The maximum atomic E-state index is 13.1. The number of hydrogen-bond donors (Lipinski definition) is 0. The van der Waals surface area contributed by atoms with Gasteiger partial charge in [0.2, 0.25) is 0 Å². The summed E-state index contributed by atoms with van der Waals surface area (Å²) in [7, 11) is 0. The van der Waals surface area contributed by atoms with E-state index >= 15 is 0 Å². The molecule has 1 aliphatic rings. The van der Waals surface area contributed by atoms with Crippen molar-refractivity contribution >= 4 is 5.69 Å². The summed E-state index contributed by atoms with van der Waals surface area (Å²) in [6.07, 6.45) is 6.80. The van der Waals surface area contributed by atoms with Crippen LogP contribution in [0.15, 0.2) is 49.3 Å². The molecule has 3 heterocycles. The van der Waals surface area contributed by atoms with Gasteiger partial charge in [-0.3, -0.25) is 0 Å². The van der Waals surface area contributed by atoms with Crippen molar-refractivity contribution in [1.29, 1.82) is 0 Å². The van der Waals surface area contributed by atoms with E-state index in [4.69, 9.17) is 0 Å². The van der Waals surface area contributed by atoms with Gasteiger partial charge in [0.15, 0.2) is 0 Å². The molecule has 0 unspecified atom stereocenters. The molecule has 2 aromatic heterocycles. The summed E-state index contributed by atoms with van der Waals surface area (Å²) in [5, 5.41) is 7.48. The maximum absolute atomic E-state index is 13.1. The summed E-state index contributed by atoms with van der Waals surface area (Å²) in [6, 6.07) is 5.00. The highest BCUT2D eigenvalue weighted by Crippen LogP contribution is 2.33. The zero-order valence-electron chi connectivity index (χ0n) is 13.8. The number of nitrogens with zero attached hydrogens (tertiary/aromatic N) is 6. The molecule has 0 saturated carbocycles. The quantitative estimate of drug-likeness (QED) is 0.730. The van der Waals surface area contributed by atoms with Crippen LogP contribution in [0.1, 0.15) is 24.0 Å². The van der Waals surface area contributed by atoms with Crippen LogP contribution in [0, 0.1) is 6.92 Å². The van der Waals surface area contributed by atoms with E-state index in [0.29, 0.717) is 11.4 Å². The van der Waals surface area contributed by atoms with E-state index in [1.807, 2.05) is 11.8 Å². The van der Waals surface area contributed by atoms with Crippen molar-refractivity contribution in [1.82, 2.24) is 25.0 Å². The van der Waals surface area contributed by atoms with Gasteiger partial charge in [0.25, 0.3) is 6.43 Å². The first-order chi connectivity index (χ1) is 12.1.